The van der Waals surface area contributed by atoms with Gasteiger partial charge in [-0.1, -0.05) is 44.2 Å². The second-order valence-corrected chi connectivity index (χ2v) is 8.29. The summed E-state index contributed by atoms with van der Waals surface area (Å²) in [4.78, 5) is 24.4. The van der Waals surface area contributed by atoms with Crippen LogP contribution in [0.25, 0.3) is 11.0 Å². The fraction of sp³-hybridized carbons (Fsp3) is 0.333. The first-order valence-corrected chi connectivity index (χ1v) is 10.5. The van der Waals surface area contributed by atoms with Crippen molar-refractivity contribution in [2.45, 2.75) is 32.2 Å². The second-order valence-electron chi connectivity index (χ2n) is 8.29. The second kappa shape index (κ2) is 8.91. The summed E-state index contributed by atoms with van der Waals surface area (Å²) in [6.07, 6.45) is 0.720. The molecule has 1 aliphatic rings. The van der Waals surface area contributed by atoms with Crippen molar-refractivity contribution in [2.75, 3.05) is 13.1 Å². The Hall–Kier alpha value is -3.16. The lowest BCUT2D eigenvalue weighted by Gasteiger charge is -2.18. The third-order valence-corrected chi connectivity index (χ3v) is 5.83. The standard InChI is InChI=1S/C24H27N3O4/c1-14(2)22-18(17-5-3-4-6-21(17)31-22)11-15-7-9-16(10-8-15)23(28)26-20-13-25-12-19(20)24(29)27-30/h3-10,14,19-20,25,30H,11-13H2,1-2H3,(H,26,28)(H,27,29)/t19-,20+/m0/s1. The maximum atomic E-state index is 12.7. The monoisotopic (exact) mass is 421 g/mol. The molecule has 2 amide bonds. The SMILES string of the molecule is CC(C)c1oc2ccccc2c1Cc1ccc(C(=O)N[C@@H]2CNC[C@@H]2C(=O)NO)cc1. The summed E-state index contributed by atoms with van der Waals surface area (Å²) in [5, 5.41) is 15.9. The number of fused-ring (bicyclic) bond motifs is 1. The summed E-state index contributed by atoms with van der Waals surface area (Å²) in [6.45, 7) is 5.13. The first kappa shape index (κ1) is 21.1. The molecular weight excluding hydrogens is 394 g/mol. The van der Waals surface area contributed by atoms with E-state index in [1.54, 1.807) is 17.6 Å². The number of para-hydroxylation sites is 1. The minimum atomic E-state index is -0.503. The molecule has 31 heavy (non-hydrogen) atoms. The van der Waals surface area contributed by atoms with Gasteiger partial charge in [-0.3, -0.25) is 14.8 Å². The predicted molar refractivity (Wildman–Crippen MR) is 117 cm³/mol. The molecule has 1 aromatic heterocycles. The Morgan fingerprint density at radius 1 is 1.13 bits per heavy atom. The normalized spacial score (nSPS) is 18.5. The van der Waals surface area contributed by atoms with E-state index in [1.807, 2.05) is 30.3 Å². The van der Waals surface area contributed by atoms with E-state index in [4.69, 9.17) is 9.62 Å². The van der Waals surface area contributed by atoms with Crippen LogP contribution in [0.4, 0.5) is 0 Å². The molecule has 1 saturated heterocycles. The molecule has 0 unspecified atom stereocenters. The average molecular weight is 421 g/mol. The quantitative estimate of drug-likeness (QED) is 0.362. The van der Waals surface area contributed by atoms with Crippen LogP contribution in [0.1, 0.15) is 47.0 Å². The maximum absolute atomic E-state index is 12.7. The van der Waals surface area contributed by atoms with Crippen molar-refractivity contribution in [3.8, 4) is 0 Å². The number of hydroxylamine groups is 1. The minimum absolute atomic E-state index is 0.243. The number of nitrogens with one attached hydrogen (secondary N) is 3. The fourth-order valence-electron chi connectivity index (χ4n) is 4.19. The van der Waals surface area contributed by atoms with Crippen LogP contribution in [0, 0.1) is 5.92 Å². The van der Waals surface area contributed by atoms with Crippen LogP contribution in [0.15, 0.2) is 52.9 Å². The van der Waals surface area contributed by atoms with Crippen LogP contribution in [0.3, 0.4) is 0 Å². The van der Waals surface area contributed by atoms with Gasteiger partial charge in [0.2, 0.25) is 5.91 Å². The highest BCUT2D eigenvalue weighted by Crippen LogP contribution is 2.32. The van der Waals surface area contributed by atoms with Gasteiger partial charge >= 0.3 is 0 Å². The van der Waals surface area contributed by atoms with Crippen molar-refractivity contribution in [1.29, 1.82) is 0 Å². The highest BCUT2D eigenvalue weighted by Gasteiger charge is 2.34. The van der Waals surface area contributed by atoms with Crippen molar-refractivity contribution in [3.63, 3.8) is 0 Å². The molecule has 0 aliphatic carbocycles. The zero-order chi connectivity index (χ0) is 22.0. The molecule has 0 spiro atoms. The molecule has 1 aliphatic heterocycles. The molecule has 4 N–H and O–H groups in total. The van der Waals surface area contributed by atoms with Crippen LogP contribution in [-0.2, 0) is 11.2 Å². The molecule has 3 aromatic rings. The topological polar surface area (TPSA) is 104 Å². The predicted octanol–water partition coefficient (Wildman–Crippen LogP) is 2.97. The summed E-state index contributed by atoms with van der Waals surface area (Å²) < 4.78 is 6.09. The minimum Gasteiger partial charge on any atom is -0.460 e. The molecule has 0 saturated carbocycles. The van der Waals surface area contributed by atoms with Crippen molar-refractivity contribution < 1.29 is 19.2 Å². The fourth-order valence-corrected chi connectivity index (χ4v) is 4.19. The number of amides is 2. The van der Waals surface area contributed by atoms with Gasteiger partial charge in [-0.2, -0.15) is 0 Å². The van der Waals surface area contributed by atoms with Gasteiger partial charge in [0.05, 0.1) is 12.0 Å². The highest BCUT2D eigenvalue weighted by molar-refractivity contribution is 5.95. The molecule has 2 heterocycles. The van der Waals surface area contributed by atoms with E-state index in [9.17, 15) is 9.59 Å². The summed E-state index contributed by atoms with van der Waals surface area (Å²) in [6, 6.07) is 15.2. The molecule has 7 nitrogen and oxygen atoms in total. The Morgan fingerprint density at radius 3 is 2.58 bits per heavy atom. The highest BCUT2D eigenvalue weighted by atomic mass is 16.5. The Morgan fingerprint density at radius 2 is 1.87 bits per heavy atom. The summed E-state index contributed by atoms with van der Waals surface area (Å²) in [5.41, 5.74) is 5.35. The largest absolute Gasteiger partial charge is 0.460 e. The Kier molecular flexibility index (Phi) is 6.06. The molecule has 0 bridgehead atoms. The van der Waals surface area contributed by atoms with Crippen LogP contribution in [0.2, 0.25) is 0 Å². The van der Waals surface area contributed by atoms with E-state index in [-0.39, 0.29) is 17.9 Å². The molecule has 7 heteroatoms. The molecule has 2 atom stereocenters. The van der Waals surface area contributed by atoms with Crippen LogP contribution in [-0.4, -0.2) is 36.2 Å². The summed E-state index contributed by atoms with van der Waals surface area (Å²) in [7, 11) is 0. The number of rotatable bonds is 6. The van der Waals surface area contributed by atoms with Gasteiger partial charge in [0.1, 0.15) is 11.3 Å². The zero-order valence-electron chi connectivity index (χ0n) is 17.6. The molecule has 162 valence electrons. The van der Waals surface area contributed by atoms with Crippen LogP contribution in [0.5, 0.6) is 0 Å². The molecule has 4 rings (SSSR count). The first-order valence-electron chi connectivity index (χ1n) is 10.5. The molecular formula is C24H27N3O4. The van der Waals surface area contributed by atoms with Crippen LogP contribution < -0.4 is 16.1 Å². The van der Waals surface area contributed by atoms with Crippen molar-refractivity contribution in [2.24, 2.45) is 5.92 Å². The number of carbonyl (C=O) groups is 2. The van der Waals surface area contributed by atoms with Gasteiger partial charge in [0.25, 0.3) is 5.91 Å². The average Bonchev–Trinajstić information content (AvgIpc) is 3.38. The summed E-state index contributed by atoms with van der Waals surface area (Å²) in [5.74, 6) is 0.0186. The van der Waals surface area contributed by atoms with Crippen LogP contribution >= 0.6 is 0 Å². The zero-order valence-corrected chi connectivity index (χ0v) is 17.6. The first-order chi connectivity index (χ1) is 15.0. The van der Waals surface area contributed by atoms with E-state index in [0.717, 1.165) is 28.7 Å². The third kappa shape index (κ3) is 4.33. The van der Waals surface area contributed by atoms with Crippen molar-refractivity contribution >= 4 is 22.8 Å². The molecule has 0 radical (unpaired) electrons. The van der Waals surface area contributed by atoms with E-state index < -0.39 is 11.8 Å². The number of carbonyl (C=O) groups excluding carboxylic acids is 2. The number of furan rings is 1. The number of hydrogen-bond donors (Lipinski definition) is 4. The summed E-state index contributed by atoms with van der Waals surface area (Å²) >= 11 is 0. The van der Waals surface area contributed by atoms with Gasteiger partial charge in [-0.05, 0) is 23.8 Å². The Bertz CT molecular complexity index is 1090. The van der Waals surface area contributed by atoms with Gasteiger partial charge in [0.15, 0.2) is 0 Å². The van der Waals surface area contributed by atoms with E-state index in [0.29, 0.717) is 18.7 Å². The lowest BCUT2D eigenvalue weighted by molar-refractivity contribution is -0.133. The van der Waals surface area contributed by atoms with E-state index in [1.165, 1.54) is 5.56 Å². The van der Waals surface area contributed by atoms with Gasteiger partial charge in [-0.15, -0.1) is 0 Å². The lowest BCUT2D eigenvalue weighted by Crippen LogP contribution is -2.45. The maximum Gasteiger partial charge on any atom is 0.251 e. The smallest absolute Gasteiger partial charge is 0.251 e. The molecule has 2 aromatic carbocycles. The van der Waals surface area contributed by atoms with Gasteiger partial charge in [-0.25, -0.2) is 5.48 Å². The van der Waals surface area contributed by atoms with Gasteiger partial charge in [0, 0.05) is 41.9 Å². The molecule has 1 fully saturated rings. The van der Waals surface area contributed by atoms with E-state index in [2.05, 4.69) is 30.5 Å². The van der Waals surface area contributed by atoms with Crippen molar-refractivity contribution in [1.82, 2.24) is 16.1 Å². The van der Waals surface area contributed by atoms with Crippen molar-refractivity contribution in [3.05, 3.63) is 71.0 Å². The Balaban J connectivity index is 1.49. The van der Waals surface area contributed by atoms with E-state index >= 15 is 0 Å². The third-order valence-electron chi connectivity index (χ3n) is 5.83. The lowest BCUT2D eigenvalue weighted by atomic mass is 9.97. The Labute approximate surface area is 180 Å². The van der Waals surface area contributed by atoms with Gasteiger partial charge < -0.3 is 15.1 Å². The number of hydrogen-bond acceptors (Lipinski definition) is 5. The number of benzene rings is 2.